The van der Waals surface area contributed by atoms with Crippen molar-refractivity contribution >= 4 is 34.8 Å². The lowest BCUT2D eigenvalue weighted by atomic mass is 10.2. The Balaban J connectivity index is 1.51. The highest BCUT2D eigenvalue weighted by Gasteiger charge is 2.09. The SMILES string of the molecule is COc1ccc(NC(=O)COc2ccc(C(=O)Nc3ccc(OC)c(Cl)c3)cc2)cc1. The quantitative estimate of drug-likeness (QED) is 0.533. The van der Waals surface area contributed by atoms with Crippen molar-refractivity contribution in [3.63, 3.8) is 0 Å². The van der Waals surface area contributed by atoms with E-state index in [2.05, 4.69) is 10.6 Å². The zero-order valence-corrected chi connectivity index (χ0v) is 17.7. The highest BCUT2D eigenvalue weighted by Crippen LogP contribution is 2.27. The summed E-state index contributed by atoms with van der Waals surface area (Å²) in [5.41, 5.74) is 1.62. The highest BCUT2D eigenvalue weighted by atomic mass is 35.5. The molecular formula is C23H21ClN2O5. The zero-order chi connectivity index (χ0) is 22.2. The standard InChI is InChI=1S/C23H21ClN2O5/c1-29-18-10-5-16(6-11-18)25-22(27)14-31-19-8-3-15(4-9-19)23(28)26-17-7-12-21(30-2)20(24)13-17/h3-13H,14H2,1-2H3,(H,25,27)(H,26,28). The first-order chi connectivity index (χ1) is 15.0. The number of benzene rings is 3. The van der Waals surface area contributed by atoms with Gasteiger partial charge in [-0.05, 0) is 66.7 Å². The van der Waals surface area contributed by atoms with Crippen LogP contribution in [0, 0.1) is 0 Å². The minimum Gasteiger partial charge on any atom is -0.497 e. The second kappa shape index (κ2) is 10.4. The van der Waals surface area contributed by atoms with E-state index in [9.17, 15) is 9.59 Å². The highest BCUT2D eigenvalue weighted by molar-refractivity contribution is 6.32. The summed E-state index contributed by atoms with van der Waals surface area (Å²) in [6.45, 7) is -0.165. The van der Waals surface area contributed by atoms with Gasteiger partial charge in [-0.25, -0.2) is 0 Å². The molecule has 0 heterocycles. The lowest BCUT2D eigenvalue weighted by Crippen LogP contribution is -2.20. The van der Waals surface area contributed by atoms with E-state index in [1.165, 1.54) is 7.11 Å². The molecule has 31 heavy (non-hydrogen) atoms. The molecule has 8 heteroatoms. The first kappa shape index (κ1) is 22.0. The summed E-state index contributed by atoms with van der Waals surface area (Å²) in [4.78, 5) is 24.4. The average molecular weight is 441 g/mol. The van der Waals surface area contributed by atoms with Gasteiger partial charge in [0.05, 0.1) is 19.2 Å². The number of halogens is 1. The molecule has 0 spiro atoms. The van der Waals surface area contributed by atoms with Gasteiger partial charge in [-0.2, -0.15) is 0 Å². The molecule has 0 aliphatic carbocycles. The van der Waals surface area contributed by atoms with Crippen molar-refractivity contribution in [2.45, 2.75) is 0 Å². The van der Waals surface area contributed by atoms with Gasteiger partial charge in [-0.1, -0.05) is 11.6 Å². The Labute approximate surface area is 184 Å². The van der Waals surface area contributed by atoms with Gasteiger partial charge in [-0.3, -0.25) is 9.59 Å². The number of anilines is 2. The second-order valence-corrected chi connectivity index (χ2v) is 6.80. The van der Waals surface area contributed by atoms with Crippen molar-refractivity contribution in [3.8, 4) is 17.2 Å². The molecule has 3 aromatic carbocycles. The van der Waals surface area contributed by atoms with Crippen LogP contribution in [0.5, 0.6) is 17.2 Å². The Morgan fingerprint density at radius 2 is 1.45 bits per heavy atom. The average Bonchev–Trinajstić information content (AvgIpc) is 2.78. The number of hydrogen-bond donors (Lipinski definition) is 2. The molecule has 3 aromatic rings. The van der Waals surface area contributed by atoms with Gasteiger partial charge in [0.15, 0.2) is 6.61 Å². The fourth-order valence-corrected chi connectivity index (χ4v) is 2.93. The smallest absolute Gasteiger partial charge is 0.262 e. The lowest BCUT2D eigenvalue weighted by molar-refractivity contribution is -0.118. The number of methoxy groups -OCH3 is 2. The molecule has 2 N–H and O–H groups in total. The molecule has 0 atom stereocenters. The van der Waals surface area contributed by atoms with Crippen LogP contribution in [0.1, 0.15) is 10.4 Å². The Morgan fingerprint density at radius 3 is 2.06 bits per heavy atom. The lowest BCUT2D eigenvalue weighted by Gasteiger charge is -2.10. The molecule has 0 aliphatic rings. The van der Waals surface area contributed by atoms with Gasteiger partial charge in [0.2, 0.25) is 0 Å². The van der Waals surface area contributed by atoms with Crippen LogP contribution in [-0.4, -0.2) is 32.6 Å². The molecule has 7 nitrogen and oxygen atoms in total. The monoisotopic (exact) mass is 440 g/mol. The topological polar surface area (TPSA) is 85.9 Å². The number of rotatable bonds is 8. The predicted molar refractivity (Wildman–Crippen MR) is 120 cm³/mol. The van der Waals surface area contributed by atoms with Gasteiger partial charge >= 0.3 is 0 Å². The van der Waals surface area contributed by atoms with Crippen LogP contribution < -0.4 is 24.8 Å². The van der Waals surface area contributed by atoms with Gasteiger partial charge in [0.1, 0.15) is 17.2 Å². The van der Waals surface area contributed by atoms with Crippen LogP contribution in [0.15, 0.2) is 66.7 Å². The van der Waals surface area contributed by atoms with E-state index in [0.29, 0.717) is 39.2 Å². The van der Waals surface area contributed by atoms with E-state index in [-0.39, 0.29) is 18.4 Å². The molecule has 0 bridgehead atoms. The largest absolute Gasteiger partial charge is 0.497 e. The van der Waals surface area contributed by atoms with E-state index >= 15 is 0 Å². The molecule has 0 saturated carbocycles. The summed E-state index contributed by atoms with van der Waals surface area (Å²) < 4.78 is 15.6. The molecular weight excluding hydrogens is 420 g/mol. The Bertz CT molecular complexity index is 1050. The van der Waals surface area contributed by atoms with Crippen molar-refractivity contribution in [1.29, 1.82) is 0 Å². The summed E-state index contributed by atoms with van der Waals surface area (Å²) in [6.07, 6.45) is 0. The first-order valence-electron chi connectivity index (χ1n) is 9.30. The molecule has 160 valence electrons. The van der Waals surface area contributed by atoms with E-state index in [1.807, 2.05) is 0 Å². The molecule has 0 unspecified atom stereocenters. The molecule has 0 aliphatic heterocycles. The third-order valence-corrected chi connectivity index (χ3v) is 4.57. The van der Waals surface area contributed by atoms with Crippen molar-refractivity contribution in [1.82, 2.24) is 0 Å². The molecule has 0 fully saturated rings. The number of carbonyl (C=O) groups excluding carboxylic acids is 2. The van der Waals surface area contributed by atoms with Crippen LogP contribution in [-0.2, 0) is 4.79 Å². The van der Waals surface area contributed by atoms with E-state index in [4.69, 9.17) is 25.8 Å². The summed E-state index contributed by atoms with van der Waals surface area (Å²) in [7, 11) is 3.09. The Hall–Kier alpha value is -3.71. The molecule has 2 amide bonds. The Morgan fingerprint density at radius 1 is 0.806 bits per heavy atom. The number of carbonyl (C=O) groups is 2. The molecule has 0 radical (unpaired) electrons. The van der Waals surface area contributed by atoms with Gasteiger partial charge in [0.25, 0.3) is 11.8 Å². The summed E-state index contributed by atoms with van der Waals surface area (Å²) in [5.74, 6) is 1.09. The first-order valence-corrected chi connectivity index (χ1v) is 9.68. The minimum atomic E-state index is -0.302. The Kier molecular flexibility index (Phi) is 7.35. The fourth-order valence-electron chi connectivity index (χ4n) is 2.67. The fraction of sp³-hybridized carbons (Fsp3) is 0.130. The van der Waals surface area contributed by atoms with Crippen LogP contribution in [0.25, 0.3) is 0 Å². The second-order valence-electron chi connectivity index (χ2n) is 6.39. The van der Waals surface area contributed by atoms with E-state index in [1.54, 1.807) is 73.8 Å². The maximum absolute atomic E-state index is 12.4. The van der Waals surface area contributed by atoms with Crippen LogP contribution in [0.3, 0.4) is 0 Å². The summed E-state index contributed by atoms with van der Waals surface area (Å²) >= 11 is 6.07. The van der Waals surface area contributed by atoms with Crippen molar-refractivity contribution < 1.29 is 23.8 Å². The van der Waals surface area contributed by atoms with Gasteiger partial charge in [0, 0.05) is 16.9 Å². The predicted octanol–water partition coefficient (Wildman–Crippen LogP) is 4.63. The number of amides is 2. The third kappa shape index (κ3) is 6.13. The minimum absolute atomic E-state index is 0.165. The molecule has 0 saturated heterocycles. The normalized spacial score (nSPS) is 10.2. The van der Waals surface area contributed by atoms with Crippen molar-refractivity contribution in [2.75, 3.05) is 31.5 Å². The van der Waals surface area contributed by atoms with Crippen LogP contribution >= 0.6 is 11.6 Å². The van der Waals surface area contributed by atoms with Crippen LogP contribution in [0.4, 0.5) is 11.4 Å². The summed E-state index contributed by atoms with van der Waals surface area (Å²) in [5, 5.41) is 5.89. The van der Waals surface area contributed by atoms with Crippen LogP contribution in [0.2, 0.25) is 5.02 Å². The third-order valence-electron chi connectivity index (χ3n) is 4.27. The van der Waals surface area contributed by atoms with Crippen molar-refractivity contribution in [2.24, 2.45) is 0 Å². The molecule has 0 aromatic heterocycles. The van der Waals surface area contributed by atoms with Gasteiger partial charge < -0.3 is 24.8 Å². The maximum atomic E-state index is 12.4. The van der Waals surface area contributed by atoms with Crippen molar-refractivity contribution in [3.05, 3.63) is 77.3 Å². The maximum Gasteiger partial charge on any atom is 0.262 e. The van der Waals surface area contributed by atoms with Gasteiger partial charge in [-0.15, -0.1) is 0 Å². The van der Waals surface area contributed by atoms with E-state index < -0.39 is 0 Å². The summed E-state index contributed by atoms with van der Waals surface area (Å²) in [6, 6.07) is 18.4. The number of nitrogens with one attached hydrogen (secondary N) is 2. The number of ether oxygens (including phenoxy) is 3. The number of hydrogen-bond acceptors (Lipinski definition) is 5. The molecule has 3 rings (SSSR count). The van der Waals surface area contributed by atoms with E-state index in [0.717, 1.165) is 0 Å². The zero-order valence-electron chi connectivity index (χ0n) is 17.0.